The highest BCUT2D eigenvalue weighted by Crippen LogP contribution is 2.19. The van der Waals surface area contributed by atoms with Gasteiger partial charge in [-0.05, 0) is 12.8 Å². The van der Waals surface area contributed by atoms with Crippen LogP contribution in [-0.4, -0.2) is 82.3 Å². The summed E-state index contributed by atoms with van der Waals surface area (Å²) < 4.78 is 22.8. The van der Waals surface area contributed by atoms with E-state index >= 15 is 0 Å². The van der Waals surface area contributed by atoms with Crippen molar-refractivity contribution in [1.82, 2.24) is 0 Å². The zero-order valence-electron chi connectivity index (χ0n) is 51.0. The van der Waals surface area contributed by atoms with Crippen LogP contribution in [0.25, 0.3) is 0 Å². The van der Waals surface area contributed by atoms with E-state index in [4.69, 9.17) is 18.9 Å². The topological polar surface area (TPSA) is 111 Å². The monoisotopic (exact) mass is 1060 g/mol. The number of ether oxygens (including phenoxy) is 4. The largest absolute Gasteiger partial charge is 0.545 e. The van der Waals surface area contributed by atoms with Crippen molar-refractivity contribution in [1.29, 1.82) is 0 Å². The first-order chi connectivity index (χ1) is 36.6. The Kier molecular flexibility index (Phi) is 57.1. The van der Waals surface area contributed by atoms with Gasteiger partial charge in [-0.3, -0.25) is 9.59 Å². The second-order valence-electron chi connectivity index (χ2n) is 24.1. The van der Waals surface area contributed by atoms with Crippen molar-refractivity contribution in [2.45, 2.75) is 360 Å². The molecule has 0 saturated carbocycles. The lowest BCUT2D eigenvalue weighted by Crippen LogP contribution is -2.44. The van der Waals surface area contributed by atoms with E-state index in [9.17, 15) is 19.5 Å². The standard InChI is InChI=1S/C66H129NO8/c1-6-8-10-12-14-16-18-20-22-24-26-28-30-32-33-35-37-39-41-43-45-47-49-51-53-55-57-64(69)75-62(61-74-66(65(70)71)72-59-58-67(3,4)5)60-73-63(68)56-54-52-50-48-46-44-42-40-38-36-34-31-29-27-25-23-21-19-17-15-13-11-9-7-2/h62,66H,6-61H2,1-5H3. The number of hydrogen-bond donors (Lipinski definition) is 0. The average molecular weight is 1060 g/mol. The summed E-state index contributed by atoms with van der Waals surface area (Å²) in [6.45, 7) is 4.84. The summed E-state index contributed by atoms with van der Waals surface area (Å²) >= 11 is 0. The Morgan fingerprint density at radius 1 is 0.347 bits per heavy atom. The first kappa shape index (κ1) is 73.3. The van der Waals surface area contributed by atoms with Crippen molar-refractivity contribution in [2.75, 3.05) is 47.5 Å². The lowest BCUT2D eigenvalue weighted by atomic mass is 10.0. The number of likely N-dealkylation sites (N-methyl/N-ethyl adjacent to an activating group) is 1. The molecule has 9 heteroatoms. The molecule has 0 fully saturated rings. The fraction of sp³-hybridized carbons (Fsp3) is 0.955. The molecule has 0 aliphatic heterocycles. The number of carbonyl (C=O) groups excluding carboxylic acids is 3. The van der Waals surface area contributed by atoms with E-state index < -0.39 is 24.3 Å². The van der Waals surface area contributed by atoms with Gasteiger partial charge >= 0.3 is 11.9 Å². The fourth-order valence-electron chi connectivity index (χ4n) is 10.2. The summed E-state index contributed by atoms with van der Waals surface area (Å²) in [5.41, 5.74) is 0. The Bertz CT molecular complexity index is 1190. The first-order valence-corrected chi connectivity index (χ1v) is 33.2. The van der Waals surface area contributed by atoms with E-state index in [0.717, 1.165) is 38.5 Å². The van der Waals surface area contributed by atoms with Crippen LogP contribution in [0.1, 0.15) is 348 Å². The van der Waals surface area contributed by atoms with Gasteiger partial charge in [-0.15, -0.1) is 0 Å². The van der Waals surface area contributed by atoms with Crippen LogP contribution in [0.15, 0.2) is 0 Å². The fourth-order valence-corrected chi connectivity index (χ4v) is 10.2. The molecule has 0 aromatic heterocycles. The van der Waals surface area contributed by atoms with Gasteiger partial charge in [-0.1, -0.05) is 322 Å². The van der Waals surface area contributed by atoms with Gasteiger partial charge in [0.15, 0.2) is 12.4 Å². The minimum Gasteiger partial charge on any atom is -0.545 e. The molecule has 75 heavy (non-hydrogen) atoms. The first-order valence-electron chi connectivity index (χ1n) is 33.2. The maximum atomic E-state index is 12.9. The molecule has 0 aliphatic rings. The Morgan fingerprint density at radius 3 is 0.853 bits per heavy atom. The number of quaternary nitrogens is 1. The van der Waals surface area contributed by atoms with Crippen molar-refractivity contribution >= 4 is 17.9 Å². The molecule has 9 nitrogen and oxygen atoms in total. The van der Waals surface area contributed by atoms with Crippen molar-refractivity contribution in [3.63, 3.8) is 0 Å². The number of rotatable bonds is 63. The van der Waals surface area contributed by atoms with Crippen molar-refractivity contribution in [3.05, 3.63) is 0 Å². The smallest absolute Gasteiger partial charge is 0.306 e. The SMILES string of the molecule is CCCCCCCCCCCCCCCCCCCCCCCCCCCCC(=O)OC(COC(=O)CCCCCCCCCCCCCCCCCCCCCCCCCC)COC(OCC[N+](C)(C)C)C(=O)[O-]. The Labute approximate surface area is 466 Å². The Balaban J connectivity index is 4.09. The lowest BCUT2D eigenvalue weighted by molar-refractivity contribution is -0.870. The minimum absolute atomic E-state index is 0.154. The molecule has 0 aliphatic carbocycles. The molecule has 0 saturated heterocycles. The minimum atomic E-state index is -1.61. The van der Waals surface area contributed by atoms with Gasteiger partial charge < -0.3 is 33.3 Å². The van der Waals surface area contributed by atoms with Gasteiger partial charge in [0.2, 0.25) is 0 Å². The summed E-state index contributed by atoms with van der Waals surface area (Å²) in [6, 6.07) is 0. The second-order valence-corrected chi connectivity index (χ2v) is 24.1. The van der Waals surface area contributed by atoms with E-state index in [0.29, 0.717) is 17.4 Å². The lowest BCUT2D eigenvalue weighted by Gasteiger charge is -2.26. The summed E-state index contributed by atoms with van der Waals surface area (Å²) in [6.07, 6.45) is 64.6. The van der Waals surface area contributed by atoms with Crippen molar-refractivity contribution in [2.24, 2.45) is 0 Å². The van der Waals surface area contributed by atoms with Gasteiger partial charge in [-0.2, -0.15) is 0 Å². The highest BCUT2D eigenvalue weighted by Gasteiger charge is 2.22. The van der Waals surface area contributed by atoms with Crippen LogP contribution in [0.3, 0.4) is 0 Å². The molecule has 0 spiro atoms. The van der Waals surface area contributed by atoms with Gasteiger partial charge in [-0.25, -0.2) is 0 Å². The highest BCUT2D eigenvalue weighted by molar-refractivity contribution is 5.70. The van der Waals surface area contributed by atoms with Crippen molar-refractivity contribution in [3.8, 4) is 0 Å². The molecule has 0 bridgehead atoms. The molecule has 0 heterocycles. The van der Waals surface area contributed by atoms with Gasteiger partial charge in [0.25, 0.3) is 0 Å². The van der Waals surface area contributed by atoms with Crippen LogP contribution in [0.2, 0.25) is 0 Å². The zero-order chi connectivity index (χ0) is 54.8. The van der Waals surface area contributed by atoms with E-state index in [1.165, 1.54) is 283 Å². The highest BCUT2D eigenvalue weighted by atomic mass is 16.7. The number of carbonyl (C=O) groups is 3. The summed E-state index contributed by atoms with van der Waals surface area (Å²) in [4.78, 5) is 37.4. The third-order valence-corrected chi connectivity index (χ3v) is 15.4. The van der Waals surface area contributed by atoms with Crippen molar-refractivity contribution < 1.29 is 42.9 Å². The second kappa shape index (κ2) is 58.4. The van der Waals surface area contributed by atoms with Gasteiger partial charge in [0, 0.05) is 12.8 Å². The molecule has 0 aromatic carbocycles. The summed E-state index contributed by atoms with van der Waals surface area (Å²) in [5, 5.41) is 11.8. The molecule has 2 unspecified atom stereocenters. The molecule has 0 rings (SSSR count). The maximum absolute atomic E-state index is 12.9. The zero-order valence-corrected chi connectivity index (χ0v) is 51.0. The third-order valence-electron chi connectivity index (χ3n) is 15.4. The van der Waals surface area contributed by atoms with Crippen LogP contribution in [0.4, 0.5) is 0 Å². The van der Waals surface area contributed by atoms with Crippen LogP contribution in [0.5, 0.6) is 0 Å². The quantitative estimate of drug-likeness (QED) is 0.0256. The predicted molar refractivity (Wildman–Crippen MR) is 316 cm³/mol. The van der Waals surface area contributed by atoms with Gasteiger partial charge in [0.1, 0.15) is 13.2 Å². The Hall–Kier alpha value is -1.71. The number of esters is 2. The number of hydrogen-bond acceptors (Lipinski definition) is 8. The van der Waals surface area contributed by atoms with E-state index in [1.807, 2.05) is 21.1 Å². The molecule has 0 aromatic rings. The number of aliphatic carboxylic acids is 1. The van der Waals surface area contributed by atoms with Crippen LogP contribution >= 0.6 is 0 Å². The normalized spacial score (nSPS) is 12.6. The van der Waals surface area contributed by atoms with E-state index in [2.05, 4.69) is 13.8 Å². The van der Waals surface area contributed by atoms with Gasteiger partial charge in [0.05, 0.1) is 40.3 Å². The molecule has 0 radical (unpaired) electrons. The maximum Gasteiger partial charge on any atom is 0.306 e. The third kappa shape index (κ3) is 59.8. The average Bonchev–Trinajstić information content (AvgIpc) is 3.38. The number of nitrogens with zero attached hydrogens (tertiary/aromatic N) is 1. The molecule has 446 valence electrons. The number of unbranched alkanes of at least 4 members (excludes halogenated alkanes) is 48. The van der Waals surface area contributed by atoms with Crippen LogP contribution < -0.4 is 5.11 Å². The van der Waals surface area contributed by atoms with Crippen LogP contribution in [0, 0.1) is 0 Å². The summed E-state index contributed by atoms with van der Waals surface area (Å²) in [7, 11) is 5.95. The number of carboxylic acids is 1. The molecular weight excluding hydrogens is 935 g/mol. The van der Waals surface area contributed by atoms with Crippen LogP contribution in [-0.2, 0) is 33.3 Å². The number of carboxylic acid groups (broad SMARTS) is 1. The predicted octanol–water partition coefficient (Wildman–Crippen LogP) is 18.6. The van der Waals surface area contributed by atoms with E-state index in [-0.39, 0.29) is 32.2 Å². The molecule has 2 atom stereocenters. The summed E-state index contributed by atoms with van der Waals surface area (Å²) in [5.74, 6) is -2.25. The molecular formula is C66H129NO8. The molecule has 0 N–H and O–H groups in total. The Morgan fingerprint density at radius 2 is 0.600 bits per heavy atom. The van der Waals surface area contributed by atoms with E-state index in [1.54, 1.807) is 0 Å². The molecule has 0 amide bonds.